The van der Waals surface area contributed by atoms with Crippen molar-refractivity contribution in [3.8, 4) is 0 Å². The van der Waals surface area contributed by atoms with Gasteiger partial charge in [0, 0.05) is 29.9 Å². The number of carbonyl (C=O) groups is 2. The molecule has 1 aliphatic heterocycles. The Balaban J connectivity index is 1.58. The predicted molar refractivity (Wildman–Crippen MR) is 109 cm³/mol. The van der Waals surface area contributed by atoms with Crippen molar-refractivity contribution < 1.29 is 9.59 Å². The summed E-state index contributed by atoms with van der Waals surface area (Å²) in [6, 6.07) is 19.3. The van der Waals surface area contributed by atoms with Gasteiger partial charge >= 0.3 is 0 Å². The highest BCUT2D eigenvalue weighted by atomic mass is 16.2. The second-order valence-electron chi connectivity index (χ2n) is 6.98. The number of benzene rings is 3. The van der Waals surface area contributed by atoms with E-state index in [1.54, 1.807) is 0 Å². The van der Waals surface area contributed by atoms with Gasteiger partial charge in [-0.25, -0.2) is 0 Å². The van der Waals surface area contributed by atoms with Crippen molar-refractivity contribution in [1.82, 2.24) is 0 Å². The fraction of sp³-hybridized carbons (Fsp3) is 0.217. The van der Waals surface area contributed by atoms with Gasteiger partial charge in [0.1, 0.15) is 0 Å². The molecule has 0 spiro atoms. The van der Waals surface area contributed by atoms with E-state index in [9.17, 15) is 9.59 Å². The number of anilines is 2. The van der Waals surface area contributed by atoms with Crippen molar-refractivity contribution in [3.05, 3.63) is 71.8 Å². The minimum atomic E-state index is -0.131. The number of aryl methyl sites for hydroxylation is 1. The lowest BCUT2D eigenvalue weighted by molar-refractivity contribution is -0.119. The number of hydrogen-bond donors (Lipinski definition) is 1. The third-order valence-electron chi connectivity index (χ3n) is 5.10. The molecule has 0 aromatic heterocycles. The van der Waals surface area contributed by atoms with Crippen LogP contribution in [0.2, 0.25) is 0 Å². The minimum Gasteiger partial charge on any atom is -0.322 e. The Morgan fingerprint density at radius 1 is 1.00 bits per heavy atom. The number of carbonyl (C=O) groups excluding carboxylic acids is 2. The standard InChI is InChI=1S/C23H22N2O2/c1-16-15-18(12-13-21(16)25-14-5-4-11-22(25)26)24-23(27)20-10-6-8-17-7-2-3-9-19(17)20/h2-3,6-10,12-13,15H,4-5,11,14H2,1H3,(H,24,27). The number of fused-ring (bicyclic) bond motifs is 1. The Kier molecular flexibility index (Phi) is 4.63. The molecule has 1 aliphatic rings. The summed E-state index contributed by atoms with van der Waals surface area (Å²) in [6.07, 6.45) is 2.61. The van der Waals surface area contributed by atoms with Gasteiger partial charge in [0.15, 0.2) is 0 Å². The first-order valence-corrected chi connectivity index (χ1v) is 9.33. The van der Waals surface area contributed by atoms with Crippen LogP contribution in [0.4, 0.5) is 11.4 Å². The van der Waals surface area contributed by atoms with Crippen LogP contribution in [0.1, 0.15) is 35.2 Å². The number of amides is 2. The van der Waals surface area contributed by atoms with Gasteiger partial charge in [-0.15, -0.1) is 0 Å². The topological polar surface area (TPSA) is 49.4 Å². The first-order chi connectivity index (χ1) is 13.1. The summed E-state index contributed by atoms with van der Waals surface area (Å²) < 4.78 is 0. The number of nitrogens with one attached hydrogen (secondary N) is 1. The maximum atomic E-state index is 12.8. The summed E-state index contributed by atoms with van der Waals surface area (Å²) in [5.74, 6) is 0.0462. The number of rotatable bonds is 3. The molecular formula is C23H22N2O2. The van der Waals surface area contributed by atoms with E-state index in [1.165, 1.54) is 0 Å². The highest BCUT2D eigenvalue weighted by Crippen LogP contribution is 2.27. The molecule has 1 saturated heterocycles. The molecule has 0 atom stereocenters. The summed E-state index contributed by atoms with van der Waals surface area (Å²) in [6.45, 7) is 2.74. The van der Waals surface area contributed by atoms with E-state index in [0.29, 0.717) is 12.0 Å². The second-order valence-corrected chi connectivity index (χ2v) is 6.98. The Morgan fingerprint density at radius 3 is 2.63 bits per heavy atom. The van der Waals surface area contributed by atoms with Crippen molar-refractivity contribution in [2.24, 2.45) is 0 Å². The highest BCUT2D eigenvalue weighted by Gasteiger charge is 2.21. The van der Waals surface area contributed by atoms with Gasteiger partial charge in [-0.1, -0.05) is 36.4 Å². The summed E-state index contributed by atoms with van der Waals surface area (Å²) in [7, 11) is 0. The normalized spacial score (nSPS) is 14.4. The lowest BCUT2D eigenvalue weighted by Crippen LogP contribution is -2.35. The van der Waals surface area contributed by atoms with E-state index in [1.807, 2.05) is 72.5 Å². The Labute approximate surface area is 158 Å². The molecule has 27 heavy (non-hydrogen) atoms. The number of hydrogen-bond acceptors (Lipinski definition) is 2. The van der Waals surface area contributed by atoms with Gasteiger partial charge in [0.05, 0.1) is 0 Å². The van der Waals surface area contributed by atoms with E-state index < -0.39 is 0 Å². The number of nitrogens with zero attached hydrogens (tertiary/aromatic N) is 1. The zero-order chi connectivity index (χ0) is 18.8. The molecule has 3 aromatic carbocycles. The van der Waals surface area contributed by atoms with Crippen LogP contribution in [0.15, 0.2) is 60.7 Å². The summed E-state index contributed by atoms with van der Waals surface area (Å²) in [5.41, 5.74) is 3.31. The van der Waals surface area contributed by atoms with Crippen LogP contribution in [-0.4, -0.2) is 18.4 Å². The van der Waals surface area contributed by atoms with Crippen molar-refractivity contribution in [3.63, 3.8) is 0 Å². The van der Waals surface area contributed by atoms with E-state index in [0.717, 1.165) is 47.1 Å². The lowest BCUT2D eigenvalue weighted by atomic mass is 10.0. The fourth-order valence-corrected chi connectivity index (χ4v) is 3.72. The summed E-state index contributed by atoms with van der Waals surface area (Å²) in [5, 5.41) is 4.97. The summed E-state index contributed by atoms with van der Waals surface area (Å²) in [4.78, 5) is 26.8. The van der Waals surface area contributed by atoms with E-state index in [2.05, 4.69) is 5.32 Å². The molecule has 3 aromatic rings. The monoisotopic (exact) mass is 358 g/mol. The van der Waals surface area contributed by atoms with Crippen molar-refractivity contribution in [1.29, 1.82) is 0 Å². The molecule has 136 valence electrons. The van der Waals surface area contributed by atoms with Gasteiger partial charge in [-0.2, -0.15) is 0 Å². The maximum absolute atomic E-state index is 12.8. The molecule has 4 rings (SSSR count). The van der Waals surface area contributed by atoms with E-state index in [-0.39, 0.29) is 11.8 Å². The first-order valence-electron chi connectivity index (χ1n) is 9.33. The minimum absolute atomic E-state index is 0.131. The van der Waals surface area contributed by atoms with Crippen LogP contribution < -0.4 is 10.2 Å². The van der Waals surface area contributed by atoms with Gasteiger partial charge in [-0.3, -0.25) is 9.59 Å². The zero-order valence-electron chi connectivity index (χ0n) is 15.4. The molecule has 0 saturated carbocycles. The molecule has 0 bridgehead atoms. The molecule has 4 heteroatoms. The molecule has 0 radical (unpaired) electrons. The smallest absolute Gasteiger partial charge is 0.256 e. The second kappa shape index (κ2) is 7.23. The highest BCUT2D eigenvalue weighted by molar-refractivity contribution is 6.13. The predicted octanol–water partition coefficient (Wildman–Crippen LogP) is 4.92. The van der Waals surface area contributed by atoms with E-state index >= 15 is 0 Å². The first kappa shape index (κ1) is 17.3. The average molecular weight is 358 g/mol. The molecule has 1 heterocycles. The third kappa shape index (κ3) is 3.43. The molecule has 2 amide bonds. The van der Waals surface area contributed by atoms with E-state index in [4.69, 9.17) is 0 Å². The molecule has 4 nitrogen and oxygen atoms in total. The molecule has 1 N–H and O–H groups in total. The maximum Gasteiger partial charge on any atom is 0.256 e. The fourth-order valence-electron chi connectivity index (χ4n) is 3.72. The quantitative estimate of drug-likeness (QED) is 0.723. The Hall–Kier alpha value is -3.14. The molecular weight excluding hydrogens is 336 g/mol. The van der Waals surface area contributed by atoms with Gasteiger partial charge in [0.2, 0.25) is 5.91 Å². The van der Waals surface area contributed by atoms with Crippen molar-refractivity contribution in [2.45, 2.75) is 26.2 Å². The van der Waals surface area contributed by atoms with Crippen LogP contribution in [0.25, 0.3) is 10.8 Å². The van der Waals surface area contributed by atoms with Crippen molar-refractivity contribution >= 4 is 34.0 Å². The molecule has 1 fully saturated rings. The van der Waals surface area contributed by atoms with Crippen molar-refractivity contribution in [2.75, 3.05) is 16.8 Å². The Morgan fingerprint density at radius 2 is 1.81 bits per heavy atom. The largest absolute Gasteiger partial charge is 0.322 e. The van der Waals surface area contributed by atoms with Gasteiger partial charge in [-0.05, 0) is 60.4 Å². The van der Waals surface area contributed by atoms with Crippen LogP contribution in [0.5, 0.6) is 0 Å². The average Bonchev–Trinajstić information content (AvgIpc) is 2.68. The molecule has 0 aliphatic carbocycles. The van der Waals surface area contributed by atoms with Crippen LogP contribution in [0.3, 0.4) is 0 Å². The van der Waals surface area contributed by atoms with Crippen LogP contribution in [0, 0.1) is 6.92 Å². The van der Waals surface area contributed by atoms with Gasteiger partial charge < -0.3 is 10.2 Å². The zero-order valence-corrected chi connectivity index (χ0v) is 15.4. The van der Waals surface area contributed by atoms with Crippen LogP contribution >= 0.6 is 0 Å². The summed E-state index contributed by atoms with van der Waals surface area (Å²) >= 11 is 0. The number of piperidine rings is 1. The lowest BCUT2D eigenvalue weighted by Gasteiger charge is -2.28. The molecule has 0 unspecified atom stereocenters. The van der Waals surface area contributed by atoms with Crippen LogP contribution in [-0.2, 0) is 4.79 Å². The van der Waals surface area contributed by atoms with Gasteiger partial charge in [0.25, 0.3) is 5.91 Å². The Bertz CT molecular complexity index is 1020. The third-order valence-corrected chi connectivity index (χ3v) is 5.10. The SMILES string of the molecule is Cc1cc(NC(=O)c2cccc3ccccc23)ccc1N1CCCCC1=O.